The van der Waals surface area contributed by atoms with Gasteiger partial charge < -0.3 is 19.7 Å². The molecule has 20 heavy (non-hydrogen) atoms. The van der Waals surface area contributed by atoms with Gasteiger partial charge in [0.25, 0.3) is 0 Å². The number of aliphatic hydroxyl groups excluding tert-OH is 2. The van der Waals surface area contributed by atoms with Gasteiger partial charge in [-0.1, -0.05) is 18.2 Å². The number of methoxy groups -OCH3 is 1. The van der Waals surface area contributed by atoms with E-state index in [1.807, 2.05) is 12.1 Å². The molecule has 0 aliphatic carbocycles. The van der Waals surface area contributed by atoms with Gasteiger partial charge in [-0.25, -0.2) is 0 Å². The zero-order valence-electron chi connectivity index (χ0n) is 11.5. The quantitative estimate of drug-likeness (QED) is 0.880. The molecule has 4 nitrogen and oxygen atoms in total. The highest BCUT2D eigenvalue weighted by Crippen LogP contribution is 2.36. The number of rotatable bonds is 5. The number of benzene rings is 2. The van der Waals surface area contributed by atoms with Gasteiger partial charge in [0.1, 0.15) is 17.2 Å². The maximum atomic E-state index is 9.90. The summed E-state index contributed by atoms with van der Waals surface area (Å²) in [4.78, 5) is 0. The molecule has 0 amide bonds. The monoisotopic (exact) mass is 274 g/mol. The lowest BCUT2D eigenvalue weighted by Gasteiger charge is -2.16. The summed E-state index contributed by atoms with van der Waals surface area (Å²) in [5, 5.41) is 19.0. The summed E-state index contributed by atoms with van der Waals surface area (Å²) in [6, 6.07) is 12.5. The molecule has 2 N–H and O–H groups in total. The van der Waals surface area contributed by atoms with Crippen LogP contribution in [0, 0.1) is 0 Å². The molecule has 4 heteroatoms. The maximum Gasteiger partial charge on any atom is 0.136 e. The highest BCUT2D eigenvalue weighted by atomic mass is 16.5. The van der Waals surface area contributed by atoms with Gasteiger partial charge in [-0.05, 0) is 36.8 Å². The van der Waals surface area contributed by atoms with E-state index in [1.54, 1.807) is 44.4 Å². The van der Waals surface area contributed by atoms with Crippen LogP contribution in [0.5, 0.6) is 17.2 Å². The average molecular weight is 274 g/mol. The summed E-state index contributed by atoms with van der Waals surface area (Å²) in [7, 11) is 1.55. The third-order valence-electron chi connectivity index (χ3n) is 2.97. The van der Waals surface area contributed by atoms with Crippen molar-refractivity contribution < 1.29 is 19.7 Å². The number of hydrogen-bond acceptors (Lipinski definition) is 4. The van der Waals surface area contributed by atoms with Crippen LogP contribution in [0.15, 0.2) is 42.5 Å². The largest absolute Gasteiger partial charge is 0.496 e. The van der Waals surface area contributed by atoms with Gasteiger partial charge in [0.2, 0.25) is 0 Å². The van der Waals surface area contributed by atoms with Gasteiger partial charge in [0, 0.05) is 0 Å². The summed E-state index contributed by atoms with van der Waals surface area (Å²) >= 11 is 0. The summed E-state index contributed by atoms with van der Waals surface area (Å²) in [5.41, 5.74) is 1.37. The second-order valence-corrected chi connectivity index (χ2v) is 4.46. The molecule has 0 radical (unpaired) electrons. The van der Waals surface area contributed by atoms with E-state index in [-0.39, 0.29) is 6.61 Å². The minimum Gasteiger partial charge on any atom is -0.496 e. The lowest BCUT2D eigenvalue weighted by molar-refractivity contribution is 0.190. The molecule has 2 aromatic carbocycles. The fourth-order valence-corrected chi connectivity index (χ4v) is 2.04. The van der Waals surface area contributed by atoms with Crippen LogP contribution < -0.4 is 9.47 Å². The first kappa shape index (κ1) is 14.4. The fraction of sp³-hybridized carbons (Fsp3) is 0.250. The van der Waals surface area contributed by atoms with Crippen molar-refractivity contribution in [3.05, 3.63) is 53.6 Å². The Labute approximate surface area is 118 Å². The molecule has 0 fully saturated rings. The van der Waals surface area contributed by atoms with Crippen molar-refractivity contribution >= 4 is 0 Å². The lowest BCUT2D eigenvalue weighted by Crippen LogP contribution is -2.00. The Kier molecular flexibility index (Phi) is 4.61. The molecule has 2 rings (SSSR count). The standard InChI is InChI=1S/C16H18O4/c1-11(18)16-14(19-2)7-4-8-15(16)20-13-6-3-5-12(9-13)10-17/h3-9,11,17-18H,10H2,1-2H3/t11-/m1/s1. The van der Waals surface area contributed by atoms with E-state index in [2.05, 4.69) is 0 Å². The SMILES string of the molecule is COc1cccc(Oc2cccc(CO)c2)c1[C@@H](C)O. The molecule has 106 valence electrons. The Morgan fingerprint density at radius 1 is 1.10 bits per heavy atom. The van der Waals surface area contributed by atoms with Crippen molar-refractivity contribution in [1.29, 1.82) is 0 Å². The van der Waals surface area contributed by atoms with Crippen molar-refractivity contribution in [2.45, 2.75) is 19.6 Å². The van der Waals surface area contributed by atoms with E-state index in [9.17, 15) is 5.11 Å². The number of hydrogen-bond donors (Lipinski definition) is 2. The lowest BCUT2D eigenvalue weighted by atomic mass is 10.1. The van der Waals surface area contributed by atoms with Gasteiger partial charge in [0.05, 0.1) is 25.4 Å². The molecule has 0 saturated carbocycles. The van der Waals surface area contributed by atoms with Gasteiger partial charge in [-0.15, -0.1) is 0 Å². The summed E-state index contributed by atoms with van der Waals surface area (Å²) in [5.74, 6) is 1.72. The van der Waals surface area contributed by atoms with E-state index in [0.29, 0.717) is 22.8 Å². The minimum absolute atomic E-state index is 0.0431. The molecule has 0 heterocycles. The van der Waals surface area contributed by atoms with Gasteiger partial charge in [-0.2, -0.15) is 0 Å². The van der Waals surface area contributed by atoms with Crippen LogP contribution in [0.3, 0.4) is 0 Å². The molecule has 0 aromatic heterocycles. The molecule has 0 aliphatic rings. The maximum absolute atomic E-state index is 9.90. The minimum atomic E-state index is -0.706. The van der Waals surface area contributed by atoms with Crippen LogP contribution in [0.1, 0.15) is 24.2 Å². The van der Waals surface area contributed by atoms with Crippen LogP contribution in [-0.4, -0.2) is 17.3 Å². The fourth-order valence-electron chi connectivity index (χ4n) is 2.04. The van der Waals surface area contributed by atoms with Crippen molar-refractivity contribution in [2.75, 3.05) is 7.11 Å². The highest BCUT2D eigenvalue weighted by Gasteiger charge is 2.15. The highest BCUT2D eigenvalue weighted by molar-refractivity contribution is 5.48. The molecule has 0 saturated heterocycles. The van der Waals surface area contributed by atoms with Crippen LogP contribution in [0.4, 0.5) is 0 Å². The summed E-state index contributed by atoms with van der Waals surface area (Å²) < 4.78 is 11.1. The van der Waals surface area contributed by atoms with E-state index >= 15 is 0 Å². The van der Waals surface area contributed by atoms with Crippen molar-refractivity contribution in [3.8, 4) is 17.2 Å². The topological polar surface area (TPSA) is 58.9 Å². The van der Waals surface area contributed by atoms with E-state index in [0.717, 1.165) is 5.56 Å². The summed E-state index contributed by atoms with van der Waals surface area (Å²) in [6.45, 7) is 1.62. The number of aliphatic hydroxyl groups is 2. The van der Waals surface area contributed by atoms with Crippen LogP contribution in [0.25, 0.3) is 0 Å². The normalized spacial score (nSPS) is 12.0. The third kappa shape index (κ3) is 3.10. The molecule has 0 bridgehead atoms. The summed E-state index contributed by atoms with van der Waals surface area (Å²) in [6.07, 6.45) is -0.706. The smallest absolute Gasteiger partial charge is 0.136 e. The predicted octanol–water partition coefficient (Wildman–Crippen LogP) is 3.03. The zero-order valence-corrected chi connectivity index (χ0v) is 11.5. The van der Waals surface area contributed by atoms with Crippen LogP contribution in [0.2, 0.25) is 0 Å². The Hall–Kier alpha value is -2.04. The third-order valence-corrected chi connectivity index (χ3v) is 2.97. The first-order valence-electron chi connectivity index (χ1n) is 6.38. The average Bonchev–Trinajstić information content (AvgIpc) is 2.46. The molecular formula is C16H18O4. The molecule has 0 unspecified atom stereocenters. The van der Waals surface area contributed by atoms with Gasteiger partial charge in [0.15, 0.2) is 0 Å². The molecular weight excluding hydrogens is 256 g/mol. The van der Waals surface area contributed by atoms with E-state index in [1.165, 1.54) is 0 Å². The van der Waals surface area contributed by atoms with Crippen LogP contribution in [-0.2, 0) is 6.61 Å². The molecule has 1 atom stereocenters. The Balaban J connectivity index is 2.37. The van der Waals surface area contributed by atoms with E-state index in [4.69, 9.17) is 14.6 Å². The van der Waals surface area contributed by atoms with E-state index < -0.39 is 6.10 Å². The predicted molar refractivity (Wildman–Crippen MR) is 76.1 cm³/mol. The molecule has 2 aromatic rings. The van der Waals surface area contributed by atoms with Gasteiger partial charge >= 0.3 is 0 Å². The molecule has 0 spiro atoms. The van der Waals surface area contributed by atoms with Crippen molar-refractivity contribution in [1.82, 2.24) is 0 Å². The van der Waals surface area contributed by atoms with Crippen molar-refractivity contribution in [3.63, 3.8) is 0 Å². The number of ether oxygens (including phenoxy) is 2. The molecule has 0 aliphatic heterocycles. The van der Waals surface area contributed by atoms with Crippen LogP contribution >= 0.6 is 0 Å². The second kappa shape index (κ2) is 6.41. The van der Waals surface area contributed by atoms with Gasteiger partial charge in [-0.3, -0.25) is 0 Å². The Bertz CT molecular complexity index is 578. The first-order chi connectivity index (χ1) is 9.65. The zero-order chi connectivity index (χ0) is 14.5. The van der Waals surface area contributed by atoms with Crippen molar-refractivity contribution in [2.24, 2.45) is 0 Å². The second-order valence-electron chi connectivity index (χ2n) is 4.46. The first-order valence-corrected chi connectivity index (χ1v) is 6.38. The Morgan fingerprint density at radius 3 is 2.45 bits per heavy atom. The Morgan fingerprint density at radius 2 is 1.80 bits per heavy atom.